The molecule has 1 aromatic carbocycles. The Balaban J connectivity index is 2.44. The Morgan fingerprint density at radius 2 is 2.07 bits per heavy atom. The molecule has 1 N–H and O–H groups in total. The first-order chi connectivity index (χ1) is 6.68. The Bertz CT molecular complexity index is 444. The van der Waals surface area contributed by atoms with Gasteiger partial charge in [-0.25, -0.2) is 4.79 Å². The van der Waals surface area contributed by atoms with Crippen molar-refractivity contribution in [2.24, 2.45) is 0 Å². The summed E-state index contributed by atoms with van der Waals surface area (Å²) in [6.45, 7) is 0. The maximum absolute atomic E-state index is 11.6. The number of aliphatic carboxylic acids is 1. The van der Waals surface area contributed by atoms with Crippen molar-refractivity contribution >= 4 is 11.8 Å². The molecule has 14 heavy (non-hydrogen) atoms. The van der Waals surface area contributed by atoms with Crippen molar-refractivity contribution in [3.05, 3.63) is 47.0 Å². The van der Waals surface area contributed by atoms with E-state index in [1.54, 1.807) is 12.1 Å². The monoisotopic (exact) mass is 188 g/mol. The fourth-order valence-electron chi connectivity index (χ4n) is 1.62. The molecule has 0 atom stereocenters. The van der Waals surface area contributed by atoms with Gasteiger partial charge in [-0.1, -0.05) is 24.3 Å². The Labute approximate surface area is 80.7 Å². The second kappa shape index (κ2) is 3.10. The van der Waals surface area contributed by atoms with Gasteiger partial charge in [0.25, 0.3) is 0 Å². The van der Waals surface area contributed by atoms with E-state index in [-0.39, 0.29) is 5.78 Å². The van der Waals surface area contributed by atoms with Crippen LogP contribution in [-0.2, 0) is 11.2 Å². The van der Waals surface area contributed by atoms with E-state index < -0.39 is 5.97 Å². The molecule has 0 saturated heterocycles. The van der Waals surface area contributed by atoms with Gasteiger partial charge in [0, 0.05) is 23.6 Å². The van der Waals surface area contributed by atoms with Gasteiger partial charge in [0.05, 0.1) is 0 Å². The molecule has 0 bridgehead atoms. The van der Waals surface area contributed by atoms with Crippen molar-refractivity contribution in [3.63, 3.8) is 0 Å². The van der Waals surface area contributed by atoms with Gasteiger partial charge >= 0.3 is 5.97 Å². The fourth-order valence-corrected chi connectivity index (χ4v) is 1.62. The third kappa shape index (κ3) is 1.33. The van der Waals surface area contributed by atoms with Crippen molar-refractivity contribution in [3.8, 4) is 0 Å². The number of hydrogen-bond donors (Lipinski definition) is 1. The van der Waals surface area contributed by atoms with Crippen LogP contribution in [0, 0.1) is 0 Å². The largest absolute Gasteiger partial charge is 0.478 e. The van der Waals surface area contributed by atoms with Crippen molar-refractivity contribution in [1.82, 2.24) is 0 Å². The lowest BCUT2D eigenvalue weighted by atomic mass is 10.1. The van der Waals surface area contributed by atoms with Crippen LogP contribution in [-0.4, -0.2) is 16.9 Å². The summed E-state index contributed by atoms with van der Waals surface area (Å²) in [7, 11) is 0. The second-order valence-electron chi connectivity index (χ2n) is 3.17. The van der Waals surface area contributed by atoms with Gasteiger partial charge in [-0.2, -0.15) is 0 Å². The number of carbonyl (C=O) groups is 2. The van der Waals surface area contributed by atoms with Gasteiger partial charge in [-0.3, -0.25) is 4.79 Å². The van der Waals surface area contributed by atoms with Crippen LogP contribution in [0.15, 0.2) is 35.9 Å². The highest BCUT2D eigenvalue weighted by Gasteiger charge is 2.24. The predicted molar refractivity (Wildman–Crippen MR) is 50.2 cm³/mol. The summed E-state index contributed by atoms with van der Waals surface area (Å²) in [5.74, 6) is -1.23. The summed E-state index contributed by atoms with van der Waals surface area (Å²) in [5, 5.41) is 8.54. The lowest BCUT2D eigenvalue weighted by molar-refractivity contribution is -0.131. The molecule has 2 rings (SSSR count). The van der Waals surface area contributed by atoms with Crippen LogP contribution in [0.3, 0.4) is 0 Å². The lowest BCUT2D eigenvalue weighted by Crippen LogP contribution is -1.99. The van der Waals surface area contributed by atoms with Crippen molar-refractivity contribution in [2.75, 3.05) is 0 Å². The molecule has 3 nitrogen and oxygen atoms in total. The van der Waals surface area contributed by atoms with Gasteiger partial charge < -0.3 is 5.11 Å². The summed E-state index contributed by atoms with van der Waals surface area (Å²) < 4.78 is 0. The molecule has 0 fully saturated rings. The molecule has 1 aliphatic carbocycles. The fraction of sp³-hybridized carbons (Fsp3) is 0.0909. The lowest BCUT2D eigenvalue weighted by Gasteiger charge is -1.91. The minimum atomic E-state index is -1.07. The molecule has 0 spiro atoms. The van der Waals surface area contributed by atoms with Gasteiger partial charge in [-0.15, -0.1) is 0 Å². The number of Topliss-reactive ketones (excluding diaryl/α,β-unsaturated/α-hetero) is 1. The van der Waals surface area contributed by atoms with Crippen LogP contribution in [0.2, 0.25) is 0 Å². The molecule has 0 amide bonds. The van der Waals surface area contributed by atoms with Gasteiger partial charge in [0.2, 0.25) is 0 Å². The summed E-state index contributed by atoms with van der Waals surface area (Å²) in [6, 6.07) is 7.19. The molecule has 0 aromatic heterocycles. The van der Waals surface area contributed by atoms with E-state index in [9.17, 15) is 9.59 Å². The molecule has 0 heterocycles. The Kier molecular flexibility index (Phi) is 1.93. The number of rotatable bonds is 1. The smallest absolute Gasteiger partial charge is 0.328 e. The first-order valence-electron chi connectivity index (χ1n) is 4.24. The summed E-state index contributed by atoms with van der Waals surface area (Å²) >= 11 is 0. The molecule has 0 radical (unpaired) electrons. The highest BCUT2D eigenvalue weighted by molar-refractivity contribution is 6.15. The number of benzene rings is 1. The van der Waals surface area contributed by atoms with E-state index in [0.717, 1.165) is 11.6 Å². The maximum Gasteiger partial charge on any atom is 0.328 e. The molecule has 1 aromatic rings. The van der Waals surface area contributed by atoms with Crippen LogP contribution in [0.25, 0.3) is 0 Å². The normalized spacial score (nSPS) is 17.1. The highest BCUT2D eigenvalue weighted by atomic mass is 16.4. The number of carboxylic acid groups (broad SMARTS) is 1. The van der Waals surface area contributed by atoms with Crippen molar-refractivity contribution in [2.45, 2.75) is 6.42 Å². The quantitative estimate of drug-likeness (QED) is 0.678. The van der Waals surface area contributed by atoms with Crippen molar-refractivity contribution < 1.29 is 14.7 Å². The second-order valence-corrected chi connectivity index (χ2v) is 3.17. The zero-order chi connectivity index (χ0) is 10.1. The van der Waals surface area contributed by atoms with Crippen LogP contribution in [0.4, 0.5) is 0 Å². The van der Waals surface area contributed by atoms with Crippen LogP contribution >= 0.6 is 0 Å². The molecule has 70 valence electrons. The van der Waals surface area contributed by atoms with E-state index in [0.29, 0.717) is 17.6 Å². The van der Waals surface area contributed by atoms with E-state index in [1.807, 2.05) is 12.1 Å². The first-order valence-corrected chi connectivity index (χ1v) is 4.24. The highest BCUT2D eigenvalue weighted by Crippen LogP contribution is 2.25. The third-order valence-electron chi connectivity index (χ3n) is 2.23. The van der Waals surface area contributed by atoms with Gasteiger partial charge in [0.1, 0.15) is 0 Å². The Morgan fingerprint density at radius 1 is 1.36 bits per heavy atom. The minimum absolute atomic E-state index is 0.164. The molecule has 0 unspecified atom stereocenters. The van der Waals surface area contributed by atoms with E-state index >= 15 is 0 Å². The molecular weight excluding hydrogens is 180 g/mol. The third-order valence-corrected chi connectivity index (χ3v) is 2.23. The average molecular weight is 188 g/mol. The molecule has 3 heteroatoms. The van der Waals surface area contributed by atoms with Gasteiger partial charge in [-0.05, 0) is 5.56 Å². The standard InChI is InChI=1S/C11H8O3/c12-10(13)6-8-5-7-3-1-2-4-9(7)11(8)14/h1-4,6H,5H2,(H,12,13). The van der Waals surface area contributed by atoms with E-state index in [1.165, 1.54) is 0 Å². The Morgan fingerprint density at radius 3 is 2.71 bits per heavy atom. The van der Waals surface area contributed by atoms with Crippen LogP contribution < -0.4 is 0 Å². The first kappa shape index (κ1) is 8.69. The zero-order valence-corrected chi connectivity index (χ0v) is 7.36. The van der Waals surface area contributed by atoms with Crippen molar-refractivity contribution in [1.29, 1.82) is 0 Å². The van der Waals surface area contributed by atoms with Crippen LogP contribution in [0.5, 0.6) is 0 Å². The molecular formula is C11H8O3. The zero-order valence-electron chi connectivity index (χ0n) is 7.36. The summed E-state index contributed by atoms with van der Waals surface area (Å²) in [4.78, 5) is 22.0. The Hall–Kier alpha value is -1.90. The van der Waals surface area contributed by atoms with Gasteiger partial charge in [0.15, 0.2) is 5.78 Å². The average Bonchev–Trinajstić information content (AvgIpc) is 2.44. The summed E-state index contributed by atoms with van der Waals surface area (Å²) in [5.41, 5.74) is 1.89. The number of ketones is 1. The van der Waals surface area contributed by atoms with E-state index in [4.69, 9.17) is 5.11 Å². The number of carboxylic acids is 1. The topological polar surface area (TPSA) is 54.4 Å². The number of carbonyl (C=O) groups excluding carboxylic acids is 1. The van der Waals surface area contributed by atoms with Crippen LogP contribution in [0.1, 0.15) is 15.9 Å². The molecule has 0 aliphatic heterocycles. The number of hydrogen-bond acceptors (Lipinski definition) is 2. The summed E-state index contributed by atoms with van der Waals surface area (Å²) in [6.07, 6.45) is 1.42. The maximum atomic E-state index is 11.6. The molecule has 1 aliphatic rings. The minimum Gasteiger partial charge on any atom is -0.478 e. The predicted octanol–water partition coefficient (Wildman–Crippen LogP) is 1.44. The number of fused-ring (bicyclic) bond motifs is 1. The molecule has 0 saturated carbocycles. The number of allylic oxidation sites excluding steroid dienone is 1. The van der Waals surface area contributed by atoms with E-state index in [2.05, 4.69) is 0 Å². The SMILES string of the molecule is O=C(O)C=C1Cc2ccccc2C1=O.